The van der Waals surface area contributed by atoms with Gasteiger partial charge in [-0.2, -0.15) is 0 Å². The van der Waals surface area contributed by atoms with Crippen LogP contribution < -0.4 is 10.1 Å². The molecule has 0 aliphatic rings. The Bertz CT molecular complexity index is 511. The maximum Gasteiger partial charge on any atom is 0.407 e. The number of aliphatic hydroxyl groups excluding tert-OH is 3. The van der Waals surface area contributed by atoms with E-state index in [1.165, 1.54) is 0 Å². The van der Waals surface area contributed by atoms with Gasteiger partial charge in [0.2, 0.25) is 0 Å². The van der Waals surface area contributed by atoms with Gasteiger partial charge < -0.3 is 30.1 Å². The highest BCUT2D eigenvalue weighted by atomic mass is 16.6. The van der Waals surface area contributed by atoms with Gasteiger partial charge in [-0.1, -0.05) is 12.1 Å². The lowest BCUT2D eigenvalue weighted by molar-refractivity contribution is -0.0339. The Morgan fingerprint density at radius 2 is 1.79 bits per heavy atom. The summed E-state index contributed by atoms with van der Waals surface area (Å²) in [5.74, 6) is 0.686. The number of hydrogen-bond acceptors (Lipinski definition) is 6. The van der Waals surface area contributed by atoms with Gasteiger partial charge in [0.25, 0.3) is 0 Å². The molecule has 1 aromatic rings. The Morgan fingerprint density at radius 1 is 1.21 bits per heavy atom. The SMILES string of the molecule is COc1ccc(C[C@@H](NC(=O)OC(C)(C)C)[C@H](O)[C@@H](O)CO)cc1. The average molecular weight is 341 g/mol. The number of carbonyl (C=O) groups is 1. The second kappa shape index (κ2) is 8.86. The van der Waals surface area contributed by atoms with Crippen molar-refractivity contribution in [1.29, 1.82) is 0 Å². The molecule has 1 aromatic carbocycles. The number of carbonyl (C=O) groups excluding carboxylic acids is 1. The lowest BCUT2D eigenvalue weighted by atomic mass is 9.98. The summed E-state index contributed by atoms with van der Waals surface area (Å²) >= 11 is 0. The van der Waals surface area contributed by atoms with Gasteiger partial charge in [-0.05, 0) is 44.9 Å². The summed E-state index contributed by atoms with van der Waals surface area (Å²) in [6, 6.07) is 6.28. The Kier molecular flexibility index (Phi) is 7.47. The Balaban J connectivity index is 2.85. The minimum Gasteiger partial charge on any atom is -0.497 e. The standard InChI is InChI=1S/C17H27NO6/c1-17(2,3)24-16(22)18-13(15(21)14(20)10-19)9-11-5-7-12(23-4)8-6-11/h5-8,13-15,19-21H,9-10H2,1-4H3,(H,18,22)/t13-,14+,15+/m1/s1. The van der Waals surface area contributed by atoms with E-state index in [0.717, 1.165) is 5.56 Å². The molecule has 0 bridgehead atoms. The molecule has 1 amide bonds. The molecular weight excluding hydrogens is 314 g/mol. The molecule has 4 N–H and O–H groups in total. The minimum atomic E-state index is -1.37. The lowest BCUT2D eigenvalue weighted by Crippen LogP contribution is -2.51. The van der Waals surface area contributed by atoms with Crippen molar-refractivity contribution in [3.05, 3.63) is 29.8 Å². The van der Waals surface area contributed by atoms with Crippen LogP contribution in [0, 0.1) is 0 Å². The summed E-state index contributed by atoms with van der Waals surface area (Å²) in [5, 5.41) is 31.5. The number of aliphatic hydroxyl groups is 3. The predicted octanol–water partition coefficient (Wildman–Crippen LogP) is 0.845. The summed E-state index contributed by atoms with van der Waals surface area (Å²) < 4.78 is 10.3. The molecule has 136 valence electrons. The first kappa shape index (κ1) is 20.2. The normalized spacial score (nSPS) is 15.3. The quantitative estimate of drug-likeness (QED) is 0.585. The van der Waals surface area contributed by atoms with Crippen LogP contribution >= 0.6 is 0 Å². The molecule has 7 nitrogen and oxygen atoms in total. The highest BCUT2D eigenvalue weighted by Gasteiger charge is 2.29. The maximum absolute atomic E-state index is 12.0. The number of alkyl carbamates (subject to hydrolysis) is 1. The molecule has 1 rings (SSSR count). The second-order valence-corrected chi connectivity index (χ2v) is 6.55. The predicted molar refractivity (Wildman–Crippen MR) is 89.0 cm³/mol. The van der Waals surface area contributed by atoms with Gasteiger partial charge in [0.1, 0.15) is 23.6 Å². The summed E-state index contributed by atoms with van der Waals surface area (Å²) in [6.45, 7) is 4.56. The zero-order valence-corrected chi connectivity index (χ0v) is 14.5. The van der Waals surface area contributed by atoms with E-state index in [9.17, 15) is 15.0 Å². The Labute approximate surface area is 142 Å². The van der Waals surface area contributed by atoms with Crippen LogP contribution in [-0.2, 0) is 11.2 Å². The first-order chi connectivity index (χ1) is 11.2. The van der Waals surface area contributed by atoms with Gasteiger partial charge in [-0.25, -0.2) is 4.79 Å². The Hall–Kier alpha value is -1.83. The number of benzene rings is 1. The Morgan fingerprint density at radius 3 is 2.25 bits per heavy atom. The lowest BCUT2D eigenvalue weighted by Gasteiger charge is -2.28. The van der Waals surface area contributed by atoms with Crippen LogP contribution in [0.4, 0.5) is 4.79 Å². The summed E-state index contributed by atoms with van der Waals surface area (Å²) in [5.41, 5.74) is 0.135. The van der Waals surface area contributed by atoms with E-state index >= 15 is 0 Å². The molecular formula is C17H27NO6. The van der Waals surface area contributed by atoms with Crippen molar-refractivity contribution in [2.75, 3.05) is 13.7 Å². The number of hydrogen-bond donors (Lipinski definition) is 4. The fourth-order valence-electron chi connectivity index (χ4n) is 2.11. The minimum absolute atomic E-state index is 0.251. The number of methoxy groups -OCH3 is 1. The van der Waals surface area contributed by atoms with Gasteiger partial charge in [0, 0.05) is 0 Å². The van der Waals surface area contributed by atoms with Crippen LogP contribution in [0.5, 0.6) is 5.75 Å². The smallest absolute Gasteiger partial charge is 0.407 e. The van der Waals surface area contributed by atoms with E-state index in [4.69, 9.17) is 14.6 Å². The maximum atomic E-state index is 12.0. The molecule has 0 unspecified atom stereocenters. The molecule has 0 heterocycles. The molecule has 0 saturated carbocycles. The van der Waals surface area contributed by atoms with E-state index in [1.807, 2.05) is 0 Å². The fourth-order valence-corrected chi connectivity index (χ4v) is 2.11. The van der Waals surface area contributed by atoms with Crippen molar-refractivity contribution < 1.29 is 29.6 Å². The first-order valence-electron chi connectivity index (χ1n) is 7.75. The zero-order valence-electron chi connectivity index (χ0n) is 14.5. The molecule has 0 fully saturated rings. The third-order valence-electron chi connectivity index (χ3n) is 3.31. The molecule has 3 atom stereocenters. The third-order valence-corrected chi connectivity index (χ3v) is 3.31. The van der Waals surface area contributed by atoms with Crippen molar-refractivity contribution in [2.24, 2.45) is 0 Å². The summed E-state index contributed by atoms with van der Waals surface area (Å²) in [6.07, 6.45) is -3.17. The van der Waals surface area contributed by atoms with Crippen LogP contribution in [0.25, 0.3) is 0 Å². The summed E-state index contributed by atoms with van der Waals surface area (Å²) in [7, 11) is 1.56. The van der Waals surface area contributed by atoms with E-state index in [-0.39, 0.29) is 6.42 Å². The van der Waals surface area contributed by atoms with Gasteiger partial charge in [-0.3, -0.25) is 0 Å². The number of ether oxygens (including phenoxy) is 2. The average Bonchev–Trinajstić information content (AvgIpc) is 2.51. The van der Waals surface area contributed by atoms with Crippen LogP contribution in [0.3, 0.4) is 0 Å². The highest BCUT2D eigenvalue weighted by Crippen LogP contribution is 2.15. The molecule has 0 saturated heterocycles. The van der Waals surface area contributed by atoms with Gasteiger partial charge in [0.05, 0.1) is 19.8 Å². The van der Waals surface area contributed by atoms with Crippen molar-refractivity contribution in [1.82, 2.24) is 5.32 Å². The largest absolute Gasteiger partial charge is 0.497 e. The van der Waals surface area contributed by atoms with Gasteiger partial charge >= 0.3 is 6.09 Å². The van der Waals surface area contributed by atoms with Crippen molar-refractivity contribution in [2.45, 2.75) is 51.0 Å². The van der Waals surface area contributed by atoms with Crippen molar-refractivity contribution >= 4 is 6.09 Å². The van der Waals surface area contributed by atoms with E-state index in [0.29, 0.717) is 5.75 Å². The zero-order chi connectivity index (χ0) is 18.3. The fraction of sp³-hybridized carbons (Fsp3) is 0.588. The molecule has 0 spiro atoms. The number of rotatable bonds is 7. The van der Waals surface area contributed by atoms with Gasteiger partial charge in [-0.15, -0.1) is 0 Å². The molecule has 0 radical (unpaired) electrons. The van der Waals surface area contributed by atoms with Crippen LogP contribution in [-0.4, -0.2) is 59.0 Å². The third kappa shape index (κ3) is 6.74. The van der Waals surface area contributed by atoms with E-state index < -0.39 is 36.6 Å². The van der Waals surface area contributed by atoms with Crippen LogP contribution in [0.1, 0.15) is 26.3 Å². The van der Waals surface area contributed by atoms with Crippen LogP contribution in [0.15, 0.2) is 24.3 Å². The highest BCUT2D eigenvalue weighted by molar-refractivity contribution is 5.68. The topological polar surface area (TPSA) is 108 Å². The first-order valence-corrected chi connectivity index (χ1v) is 7.75. The van der Waals surface area contributed by atoms with Crippen LogP contribution in [0.2, 0.25) is 0 Å². The second-order valence-electron chi connectivity index (χ2n) is 6.55. The molecule has 7 heteroatoms. The van der Waals surface area contributed by atoms with Crippen molar-refractivity contribution in [3.63, 3.8) is 0 Å². The number of amides is 1. The monoisotopic (exact) mass is 341 g/mol. The van der Waals surface area contributed by atoms with E-state index in [2.05, 4.69) is 5.32 Å². The molecule has 0 aliphatic carbocycles. The molecule has 0 aliphatic heterocycles. The molecule has 0 aromatic heterocycles. The van der Waals surface area contributed by atoms with E-state index in [1.54, 1.807) is 52.1 Å². The summed E-state index contributed by atoms with van der Waals surface area (Å²) in [4.78, 5) is 12.0. The van der Waals surface area contributed by atoms with Gasteiger partial charge in [0.15, 0.2) is 0 Å². The number of nitrogens with one attached hydrogen (secondary N) is 1. The van der Waals surface area contributed by atoms with Crippen molar-refractivity contribution in [3.8, 4) is 5.75 Å². The molecule has 24 heavy (non-hydrogen) atoms.